The number of morpholine rings is 1. The summed E-state index contributed by atoms with van der Waals surface area (Å²) < 4.78 is 5.73. The van der Waals surface area contributed by atoms with E-state index in [1.807, 2.05) is 73.3 Å². The molecule has 0 aliphatic carbocycles. The molecule has 28 heavy (non-hydrogen) atoms. The maximum atomic E-state index is 12.8. The van der Waals surface area contributed by atoms with Gasteiger partial charge in [0.2, 0.25) is 5.91 Å². The van der Waals surface area contributed by atoms with E-state index in [0.717, 1.165) is 27.3 Å². The Morgan fingerprint density at radius 2 is 1.61 bits per heavy atom. The summed E-state index contributed by atoms with van der Waals surface area (Å²) in [7, 11) is 0. The van der Waals surface area contributed by atoms with Crippen LogP contribution >= 0.6 is 11.8 Å². The molecule has 5 nitrogen and oxygen atoms in total. The first-order valence-electron chi connectivity index (χ1n) is 9.48. The summed E-state index contributed by atoms with van der Waals surface area (Å²) in [5.41, 5.74) is 3.52. The molecule has 2 atom stereocenters. The van der Waals surface area contributed by atoms with Crippen molar-refractivity contribution < 1.29 is 9.53 Å². The molecular formula is C22H23N3O2S. The fourth-order valence-corrected chi connectivity index (χ4v) is 4.38. The number of hydrogen-bond acceptors (Lipinski definition) is 5. The first kappa shape index (κ1) is 18.9. The topological polar surface area (TPSA) is 55.3 Å². The van der Waals surface area contributed by atoms with Crippen LogP contribution in [0.3, 0.4) is 0 Å². The standard InChI is InChI=1S/C22H23N3O2S/c1-15-12-25(13-16(2)27-15)20(26)14-28-22-21(17-8-4-3-5-9-17)23-18-10-6-7-11-19(18)24-22/h3-11,15-16H,12-14H2,1-2H3/t15-,16-/m0/s1. The number of benzene rings is 2. The van der Waals surface area contributed by atoms with E-state index in [4.69, 9.17) is 14.7 Å². The summed E-state index contributed by atoms with van der Waals surface area (Å²) in [4.78, 5) is 24.3. The van der Waals surface area contributed by atoms with Crippen LogP contribution in [-0.2, 0) is 9.53 Å². The zero-order valence-corrected chi connectivity index (χ0v) is 16.9. The summed E-state index contributed by atoms with van der Waals surface area (Å²) in [5, 5.41) is 0.785. The Kier molecular flexibility index (Phi) is 5.59. The molecular weight excluding hydrogens is 370 g/mol. The number of carbonyl (C=O) groups is 1. The molecule has 0 spiro atoms. The lowest BCUT2D eigenvalue weighted by Gasteiger charge is -2.35. The Bertz CT molecular complexity index is 970. The average Bonchev–Trinajstić information content (AvgIpc) is 2.71. The van der Waals surface area contributed by atoms with E-state index in [1.54, 1.807) is 0 Å². The summed E-state index contributed by atoms with van der Waals surface area (Å²) in [6.07, 6.45) is 0.135. The number of fused-ring (bicyclic) bond motifs is 1. The minimum Gasteiger partial charge on any atom is -0.372 e. The van der Waals surface area contributed by atoms with Crippen LogP contribution in [0, 0.1) is 0 Å². The fraction of sp³-hybridized carbons (Fsp3) is 0.318. The maximum Gasteiger partial charge on any atom is 0.233 e. The fourth-order valence-electron chi connectivity index (χ4n) is 3.47. The molecule has 2 heterocycles. The van der Waals surface area contributed by atoms with E-state index in [9.17, 15) is 4.79 Å². The van der Waals surface area contributed by atoms with Crippen LogP contribution in [0.5, 0.6) is 0 Å². The lowest BCUT2D eigenvalue weighted by Crippen LogP contribution is -2.48. The van der Waals surface area contributed by atoms with Gasteiger partial charge in [0.05, 0.1) is 29.0 Å². The molecule has 6 heteroatoms. The number of aromatic nitrogens is 2. The molecule has 0 radical (unpaired) electrons. The van der Waals surface area contributed by atoms with E-state index in [0.29, 0.717) is 18.8 Å². The summed E-state index contributed by atoms with van der Waals surface area (Å²) in [5.74, 6) is 0.452. The third kappa shape index (κ3) is 4.18. The predicted molar refractivity (Wildman–Crippen MR) is 112 cm³/mol. The molecule has 0 unspecified atom stereocenters. The second-order valence-electron chi connectivity index (χ2n) is 7.08. The second-order valence-corrected chi connectivity index (χ2v) is 8.04. The molecule has 1 aromatic heterocycles. The van der Waals surface area contributed by atoms with Crippen LogP contribution in [0.4, 0.5) is 0 Å². The number of amides is 1. The molecule has 1 amide bonds. The summed E-state index contributed by atoms with van der Waals surface area (Å²) >= 11 is 1.46. The van der Waals surface area contributed by atoms with Gasteiger partial charge in [-0.25, -0.2) is 9.97 Å². The zero-order valence-electron chi connectivity index (χ0n) is 16.0. The SMILES string of the molecule is C[C@H]1CN(C(=O)CSc2nc3ccccc3nc2-c2ccccc2)C[C@H](C)O1. The van der Waals surface area contributed by atoms with Gasteiger partial charge in [-0.2, -0.15) is 0 Å². The Hall–Kier alpha value is -2.44. The number of rotatable bonds is 4. The van der Waals surface area contributed by atoms with E-state index in [1.165, 1.54) is 11.8 Å². The van der Waals surface area contributed by atoms with Crippen molar-refractivity contribution in [3.05, 3.63) is 54.6 Å². The second kappa shape index (κ2) is 8.29. The first-order chi connectivity index (χ1) is 13.6. The van der Waals surface area contributed by atoms with E-state index < -0.39 is 0 Å². The van der Waals surface area contributed by atoms with Gasteiger partial charge in [0.1, 0.15) is 10.7 Å². The molecule has 1 aliphatic rings. The van der Waals surface area contributed by atoms with Crippen molar-refractivity contribution in [3.63, 3.8) is 0 Å². The highest BCUT2D eigenvalue weighted by Crippen LogP contribution is 2.30. The normalized spacial score (nSPS) is 19.7. The number of carbonyl (C=O) groups excluding carboxylic acids is 1. The van der Waals surface area contributed by atoms with Crippen molar-refractivity contribution in [3.8, 4) is 11.3 Å². The molecule has 0 saturated carbocycles. The molecule has 3 aromatic rings. The van der Waals surface area contributed by atoms with Crippen molar-refractivity contribution in [2.45, 2.75) is 31.1 Å². The van der Waals surface area contributed by atoms with Gasteiger partial charge in [-0.3, -0.25) is 4.79 Å². The summed E-state index contributed by atoms with van der Waals surface area (Å²) in [6, 6.07) is 17.8. The molecule has 1 aliphatic heterocycles. The molecule has 1 fully saturated rings. The minimum atomic E-state index is 0.0676. The Morgan fingerprint density at radius 1 is 1.00 bits per heavy atom. The van der Waals surface area contributed by atoms with Crippen LogP contribution in [0.25, 0.3) is 22.3 Å². The monoisotopic (exact) mass is 393 g/mol. The number of para-hydroxylation sites is 2. The average molecular weight is 394 g/mol. The largest absolute Gasteiger partial charge is 0.372 e. The zero-order chi connectivity index (χ0) is 19.5. The number of nitrogens with zero attached hydrogens (tertiary/aromatic N) is 3. The van der Waals surface area contributed by atoms with Crippen molar-refractivity contribution in [2.75, 3.05) is 18.8 Å². The van der Waals surface area contributed by atoms with Gasteiger partial charge in [0, 0.05) is 18.7 Å². The number of thioether (sulfide) groups is 1. The van der Waals surface area contributed by atoms with Gasteiger partial charge in [0.25, 0.3) is 0 Å². The van der Waals surface area contributed by atoms with E-state index >= 15 is 0 Å². The maximum absolute atomic E-state index is 12.8. The van der Waals surface area contributed by atoms with Crippen molar-refractivity contribution in [1.29, 1.82) is 0 Å². The minimum absolute atomic E-state index is 0.0676. The van der Waals surface area contributed by atoms with Crippen LogP contribution < -0.4 is 0 Å². The summed E-state index contributed by atoms with van der Waals surface area (Å²) in [6.45, 7) is 5.29. The van der Waals surface area contributed by atoms with Crippen LogP contribution in [0.15, 0.2) is 59.6 Å². The van der Waals surface area contributed by atoms with Gasteiger partial charge >= 0.3 is 0 Å². The molecule has 4 rings (SSSR count). The van der Waals surface area contributed by atoms with Crippen molar-refractivity contribution >= 4 is 28.7 Å². The quantitative estimate of drug-likeness (QED) is 0.627. The molecule has 0 bridgehead atoms. The third-order valence-electron chi connectivity index (χ3n) is 4.69. The third-order valence-corrected chi connectivity index (χ3v) is 5.64. The Labute approximate surface area is 169 Å². The van der Waals surface area contributed by atoms with E-state index in [2.05, 4.69) is 0 Å². The first-order valence-corrected chi connectivity index (χ1v) is 10.5. The Morgan fingerprint density at radius 3 is 2.29 bits per heavy atom. The number of ether oxygens (including phenoxy) is 1. The lowest BCUT2D eigenvalue weighted by molar-refractivity contribution is -0.140. The van der Waals surface area contributed by atoms with Crippen molar-refractivity contribution in [2.24, 2.45) is 0 Å². The predicted octanol–water partition coefficient (Wildman–Crippen LogP) is 4.02. The van der Waals surface area contributed by atoms with Gasteiger partial charge in [-0.1, -0.05) is 54.2 Å². The molecule has 144 valence electrons. The number of hydrogen-bond donors (Lipinski definition) is 0. The highest BCUT2D eigenvalue weighted by atomic mass is 32.2. The van der Waals surface area contributed by atoms with Crippen molar-refractivity contribution in [1.82, 2.24) is 14.9 Å². The molecule has 2 aromatic carbocycles. The highest BCUT2D eigenvalue weighted by molar-refractivity contribution is 8.00. The smallest absolute Gasteiger partial charge is 0.233 e. The van der Waals surface area contributed by atoms with Crippen LogP contribution in [0.2, 0.25) is 0 Å². The lowest BCUT2D eigenvalue weighted by atomic mass is 10.1. The Balaban J connectivity index is 1.59. The molecule has 1 saturated heterocycles. The van der Waals surface area contributed by atoms with Gasteiger partial charge in [0.15, 0.2) is 0 Å². The molecule has 0 N–H and O–H groups in total. The van der Waals surface area contributed by atoms with E-state index in [-0.39, 0.29) is 18.1 Å². The van der Waals surface area contributed by atoms with Gasteiger partial charge in [-0.15, -0.1) is 0 Å². The van der Waals surface area contributed by atoms with Gasteiger partial charge < -0.3 is 9.64 Å². The highest BCUT2D eigenvalue weighted by Gasteiger charge is 2.26. The van der Waals surface area contributed by atoms with Gasteiger partial charge in [-0.05, 0) is 26.0 Å². The van der Waals surface area contributed by atoms with Crippen LogP contribution in [0.1, 0.15) is 13.8 Å². The van der Waals surface area contributed by atoms with Crippen LogP contribution in [-0.4, -0.2) is 51.8 Å².